The van der Waals surface area contributed by atoms with Gasteiger partial charge in [-0.05, 0) is 41.8 Å². The summed E-state index contributed by atoms with van der Waals surface area (Å²) in [6, 6.07) is 21.0. The molecule has 0 bridgehead atoms. The van der Waals surface area contributed by atoms with E-state index in [1.54, 1.807) is 18.2 Å². The van der Waals surface area contributed by atoms with E-state index in [0.717, 1.165) is 35.3 Å². The van der Waals surface area contributed by atoms with Crippen LogP contribution < -0.4 is 14.4 Å². The van der Waals surface area contributed by atoms with Crippen molar-refractivity contribution in [3.8, 4) is 22.6 Å². The van der Waals surface area contributed by atoms with E-state index in [1.807, 2.05) is 24.3 Å². The van der Waals surface area contributed by atoms with E-state index in [0.29, 0.717) is 11.3 Å². The molecule has 4 rings (SSSR count). The maximum Gasteiger partial charge on any atom is 0.387 e. The number of benzene rings is 3. The Hall–Kier alpha value is -3.08. The lowest BCUT2D eigenvalue weighted by atomic mass is 9.89. The molecule has 0 saturated heterocycles. The van der Waals surface area contributed by atoms with Gasteiger partial charge in [-0.1, -0.05) is 49.4 Å². The molecule has 0 saturated carbocycles. The van der Waals surface area contributed by atoms with E-state index in [4.69, 9.17) is 9.47 Å². The molecule has 0 aromatic heterocycles. The number of alkyl halides is 2. The fourth-order valence-electron chi connectivity index (χ4n) is 3.83. The van der Waals surface area contributed by atoms with Gasteiger partial charge in [0.15, 0.2) is 0 Å². The Kier molecular flexibility index (Phi) is 5.38. The highest BCUT2D eigenvalue weighted by Crippen LogP contribution is 2.49. The summed E-state index contributed by atoms with van der Waals surface area (Å²) in [7, 11) is 2.08. The van der Waals surface area contributed by atoms with Gasteiger partial charge in [-0.15, -0.1) is 0 Å². The minimum absolute atomic E-state index is 0.125. The zero-order valence-electron chi connectivity index (χ0n) is 16.4. The number of anilines is 1. The molecule has 3 aromatic rings. The van der Waals surface area contributed by atoms with Crippen molar-refractivity contribution in [1.82, 2.24) is 0 Å². The number of nitrogens with zero attached hydrogens (tertiary/aromatic N) is 1. The van der Waals surface area contributed by atoms with Crippen LogP contribution in [0.25, 0.3) is 11.1 Å². The van der Waals surface area contributed by atoms with Crippen molar-refractivity contribution in [2.24, 2.45) is 0 Å². The lowest BCUT2D eigenvalue weighted by Gasteiger charge is -2.30. The molecule has 3 nitrogen and oxygen atoms in total. The second-order valence-electron chi connectivity index (χ2n) is 7.11. The number of halogens is 2. The third-order valence-corrected chi connectivity index (χ3v) is 5.16. The van der Waals surface area contributed by atoms with Gasteiger partial charge in [-0.2, -0.15) is 8.78 Å². The minimum atomic E-state index is -2.89. The number of hydrogen-bond acceptors (Lipinski definition) is 3. The summed E-state index contributed by atoms with van der Waals surface area (Å²) in [5.41, 5.74) is 4.51. The van der Waals surface area contributed by atoms with Gasteiger partial charge in [0, 0.05) is 24.8 Å². The Morgan fingerprint density at radius 3 is 2.48 bits per heavy atom. The van der Waals surface area contributed by atoms with Gasteiger partial charge >= 0.3 is 6.61 Å². The molecule has 1 heterocycles. The van der Waals surface area contributed by atoms with Crippen LogP contribution in [0.4, 0.5) is 14.5 Å². The van der Waals surface area contributed by atoms with Gasteiger partial charge in [-0.3, -0.25) is 0 Å². The maximum absolute atomic E-state index is 12.9. The molecule has 0 spiro atoms. The van der Waals surface area contributed by atoms with E-state index >= 15 is 0 Å². The summed E-state index contributed by atoms with van der Waals surface area (Å²) in [6.45, 7) is 0.253. The molecule has 0 aliphatic carbocycles. The summed E-state index contributed by atoms with van der Waals surface area (Å²) in [5, 5.41) is 0. The highest BCUT2D eigenvalue weighted by molar-refractivity contribution is 5.81. The van der Waals surface area contributed by atoms with E-state index < -0.39 is 6.61 Å². The summed E-state index contributed by atoms with van der Waals surface area (Å²) >= 11 is 0. The van der Waals surface area contributed by atoms with Gasteiger partial charge in [-0.25, -0.2) is 0 Å². The Bertz CT molecular complexity index is 988. The zero-order chi connectivity index (χ0) is 20.4. The van der Waals surface area contributed by atoms with Crippen molar-refractivity contribution in [2.45, 2.75) is 26.1 Å². The second kappa shape index (κ2) is 8.11. The fraction of sp³-hybridized carbons (Fsp3) is 0.250. The zero-order valence-corrected chi connectivity index (χ0v) is 16.4. The van der Waals surface area contributed by atoms with E-state index in [9.17, 15) is 8.78 Å². The first-order chi connectivity index (χ1) is 14.1. The average Bonchev–Trinajstić information content (AvgIpc) is 2.73. The molecule has 1 atom stereocenters. The monoisotopic (exact) mass is 395 g/mol. The molecule has 0 amide bonds. The molecule has 1 aliphatic rings. The SMILES string of the molecule is CCCN(C)c1ccc(C2Oc3cccc(OC(F)F)c3-c3ccccc32)cc1. The Morgan fingerprint density at radius 2 is 1.76 bits per heavy atom. The van der Waals surface area contributed by atoms with E-state index in [1.165, 1.54) is 0 Å². The second-order valence-corrected chi connectivity index (χ2v) is 7.11. The minimum Gasteiger partial charge on any atom is -0.480 e. The number of rotatable bonds is 6. The van der Waals surface area contributed by atoms with Gasteiger partial charge in [0.2, 0.25) is 0 Å². The number of fused-ring (bicyclic) bond motifs is 3. The van der Waals surface area contributed by atoms with Crippen LogP contribution in [0, 0.1) is 0 Å². The largest absolute Gasteiger partial charge is 0.480 e. The molecule has 1 aliphatic heterocycles. The molecule has 29 heavy (non-hydrogen) atoms. The predicted molar refractivity (Wildman–Crippen MR) is 111 cm³/mol. The Balaban J connectivity index is 1.74. The molecule has 1 unspecified atom stereocenters. The lowest BCUT2D eigenvalue weighted by Crippen LogP contribution is -2.18. The smallest absolute Gasteiger partial charge is 0.387 e. The number of ether oxygens (including phenoxy) is 2. The summed E-state index contributed by atoms with van der Waals surface area (Å²) in [6.07, 6.45) is 0.767. The third-order valence-electron chi connectivity index (χ3n) is 5.16. The van der Waals surface area contributed by atoms with Crippen LogP contribution in [0.1, 0.15) is 30.6 Å². The molecule has 0 N–H and O–H groups in total. The van der Waals surface area contributed by atoms with Gasteiger partial charge < -0.3 is 14.4 Å². The average molecular weight is 395 g/mol. The standard InChI is InChI=1S/C24H23F2NO2/c1-3-15-27(2)17-13-11-16(12-14-17)23-19-8-5-4-7-18(19)22-20(28-23)9-6-10-21(22)29-24(25)26/h4-14,23-24H,3,15H2,1-2H3. The highest BCUT2D eigenvalue weighted by atomic mass is 19.3. The van der Waals surface area contributed by atoms with E-state index in [-0.39, 0.29) is 11.9 Å². The molecule has 3 aromatic carbocycles. The summed E-state index contributed by atoms with van der Waals surface area (Å²) in [5.74, 6) is 0.666. The lowest BCUT2D eigenvalue weighted by molar-refractivity contribution is -0.0496. The van der Waals surface area contributed by atoms with Crippen LogP contribution in [-0.2, 0) is 0 Å². The van der Waals surface area contributed by atoms with Crippen molar-refractivity contribution in [1.29, 1.82) is 0 Å². The first-order valence-corrected chi connectivity index (χ1v) is 9.73. The van der Waals surface area contributed by atoms with Gasteiger partial charge in [0.1, 0.15) is 17.6 Å². The first-order valence-electron chi connectivity index (χ1n) is 9.73. The van der Waals surface area contributed by atoms with Crippen molar-refractivity contribution in [2.75, 3.05) is 18.5 Å². The molecule has 0 radical (unpaired) electrons. The molecular formula is C24H23F2NO2. The summed E-state index contributed by atoms with van der Waals surface area (Å²) < 4.78 is 36.8. The first kappa shape index (κ1) is 19.2. The quantitative estimate of drug-likeness (QED) is 0.490. The van der Waals surface area contributed by atoms with Crippen molar-refractivity contribution in [3.05, 3.63) is 77.9 Å². The molecule has 150 valence electrons. The van der Waals surface area contributed by atoms with Crippen LogP contribution in [0.3, 0.4) is 0 Å². The van der Waals surface area contributed by atoms with Crippen LogP contribution in [0.5, 0.6) is 11.5 Å². The fourth-order valence-corrected chi connectivity index (χ4v) is 3.83. The van der Waals surface area contributed by atoms with Crippen LogP contribution in [0.15, 0.2) is 66.7 Å². The normalized spacial score (nSPS) is 14.7. The predicted octanol–water partition coefficient (Wildman–Crippen LogP) is 6.28. The van der Waals surface area contributed by atoms with Gasteiger partial charge in [0.05, 0.1) is 5.56 Å². The van der Waals surface area contributed by atoms with Crippen LogP contribution in [0.2, 0.25) is 0 Å². The van der Waals surface area contributed by atoms with E-state index in [2.05, 4.69) is 43.1 Å². The van der Waals surface area contributed by atoms with Crippen molar-refractivity contribution >= 4 is 5.69 Å². The Morgan fingerprint density at radius 1 is 1.00 bits per heavy atom. The maximum atomic E-state index is 12.9. The van der Waals surface area contributed by atoms with Crippen molar-refractivity contribution < 1.29 is 18.3 Å². The molecular weight excluding hydrogens is 372 g/mol. The van der Waals surface area contributed by atoms with Crippen LogP contribution >= 0.6 is 0 Å². The highest BCUT2D eigenvalue weighted by Gasteiger charge is 2.30. The Labute approximate surface area is 169 Å². The molecule has 5 heteroatoms. The van der Waals surface area contributed by atoms with Crippen molar-refractivity contribution in [3.63, 3.8) is 0 Å². The third kappa shape index (κ3) is 3.77. The molecule has 0 fully saturated rings. The van der Waals surface area contributed by atoms with Crippen LogP contribution in [-0.4, -0.2) is 20.2 Å². The summed E-state index contributed by atoms with van der Waals surface area (Å²) in [4.78, 5) is 2.21. The number of hydrogen-bond donors (Lipinski definition) is 0. The topological polar surface area (TPSA) is 21.7 Å². The van der Waals surface area contributed by atoms with Gasteiger partial charge in [0.25, 0.3) is 0 Å².